The van der Waals surface area contributed by atoms with Crippen LogP contribution in [0.4, 0.5) is 0 Å². The van der Waals surface area contributed by atoms with Crippen LogP contribution < -0.4 is 0 Å². The summed E-state index contributed by atoms with van der Waals surface area (Å²) in [4.78, 5) is 11.7. The molecule has 1 aromatic carbocycles. The zero-order valence-electron chi connectivity index (χ0n) is 19.1. The Morgan fingerprint density at radius 2 is 1.97 bits per heavy atom. The van der Waals surface area contributed by atoms with Crippen molar-refractivity contribution in [2.75, 3.05) is 13.2 Å². The van der Waals surface area contributed by atoms with E-state index in [1.54, 1.807) is 0 Å². The lowest BCUT2D eigenvalue weighted by molar-refractivity contribution is -0.492. The molecular formula is C25H40O5. The van der Waals surface area contributed by atoms with E-state index in [0.29, 0.717) is 38.1 Å². The Morgan fingerprint density at radius 3 is 2.63 bits per heavy atom. The summed E-state index contributed by atoms with van der Waals surface area (Å²) >= 11 is 0. The van der Waals surface area contributed by atoms with Gasteiger partial charge in [0, 0.05) is 6.61 Å². The average molecular weight is 421 g/mol. The number of hydrogen-bond acceptors (Lipinski definition) is 5. The molecule has 1 N–H and O–H groups in total. The molecule has 0 radical (unpaired) electrons. The van der Waals surface area contributed by atoms with Crippen molar-refractivity contribution in [3.8, 4) is 0 Å². The molecule has 1 saturated carbocycles. The summed E-state index contributed by atoms with van der Waals surface area (Å²) in [6.07, 6.45) is 4.19. The maximum absolute atomic E-state index is 11.0. The summed E-state index contributed by atoms with van der Waals surface area (Å²) in [5.41, 5.74) is 0.674. The molecule has 7 atom stereocenters. The molecule has 1 saturated heterocycles. The SMILES string of the molecule is CCCC1[C@H](C)CC[C@@H](C(C)C(O)CCOCc2ccccc2)[C@@]12COC(C)OO2. The molecule has 1 aliphatic heterocycles. The van der Waals surface area contributed by atoms with E-state index in [1.165, 1.54) is 0 Å². The standard InChI is InChI=1S/C25H40O5/c1-5-9-22-18(2)12-13-23(25(22)17-28-20(4)29-30-25)19(3)24(26)14-15-27-16-21-10-7-6-8-11-21/h6-8,10-11,18-20,22-24,26H,5,9,12-17H2,1-4H3/t18-,19?,20?,22?,23+,24?,25-/m1/s1. The van der Waals surface area contributed by atoms with Crippen molar-refractivity contribution in [3.05, 3.63) is 35.9 Å². The van der Waals surface area contributed by atoms with Gasteiger partial charge in [-0.3, -0.25) is 0 Å². The first kappa shape index (κ1) is 23.7. The van der Waals surface area contributed by atoms with Gasteiger partial charge in [-0.15, -0.1) is 0 Å². The van der Waals surface area contributed by atoms with Gasteiger partial charge in [-0.1, -0.05) is 57.5 Å². The average Bonchev–Trinajstić information content (AvgIpc) is 2.76. The van der Waals surface area contributed by atoms with Gasteiger partial charge in [0.25, 0.3) is 0 Å². The van der Waals surface area contributed by atoms with Crippen LogP contribution in [-0.4, -0.2) is 36.3 Å². The second kappa shape index (κ2) is 11.1. The molecule has 170 valence electrons. The molecule has 0 amide bonds. The predicted octanol–water partition coefficient (Wildman–Crippen LogP) is 5.12. The summed E-state index contributed by atoms with van der Waals surface area (Å²) in [7, 11) is 0. The molecule has 1 aromatic rings. The molecule has 3 rings (SSSR count). The number of rotatable bonds is 9. The predicted molar refractivity (Wildman–Crippen MR) is 116 cm³/mol. The van der Waals surface area contributed by atoms with Gasteiger partial charge < -0.3 is 14.6 Å². The number of aliphatic hydroxyl groups excluding tert-OH is 1. The van der Waals surface area contributed by atoms with E-state index < -0.39 is 11.7 Å². The number of hydrogen-bond donors (Lipinski definition) is 1. The lowest BCUT2D eigenvalue weighted by Crippen LogP contribution is -2.61. The van der Waals surface area contributed by atoms with Crippen LogP contribution in [-0.2, 0) is 25.9 Å². The fraction of sp³-hybridized carbons (Fsp3) is 0.760. The van der Waals surface area contributed by atoms with Crippen molar-refractivity contribution in [1.29, 1.82) is 0 Å². The van der Waals surface area contributed by atoms with Crippen LogP contribution in [0, 0.1) is 23.7 Å². The second-order valence-electron chi connectivity index (χ2n) is 9.32. The minimum Gasteiger partial charge on any atom is -0.393 e. The van der Waals surface area contributed by atoms with Crippen LogP contribution in [0.1, 0.15) is 65.4 Å². The van der Waals surface area contributed by atoms with E-state index in [9.17, 15) is 5.11 Å². The van der Waals surface area contributed by atoms with Crippen LogP contribution in [0.25, 0.3) is 0 Å². The van der Waals surface area contributed by atoms with Gasteiger partial charge >= 0.3 is 0 Å². The molecule has 2 aliphatic rings. The van der Waals surface area contributed by atoms with Crippen LogP contribution in [0.3, 0.4) is 0 Å². The zero-order chi connectivity index (χ0) is 21.6. The third kappa shape index (κ3) is 5.43. The van der Waals surface area contributed by atoms with Gasteiger partial charge in [-0.25, -0.2) is 9.78 Å². The van der Waals surface area contributed by atoms with Gasteiger partial charge in [-0.2, -0.15) is 0 Å². The fourth-order valence-electron chi connectivity index (χ4n) is 5.49. The third-order valence-electron chi connectivity index (χ3n) is 7.27. The lowest BCUT2D eigenvalue weighted by atomic mass is 9.59. The van der Waals surface area contributed by atoms with E-state index >= 15 is 0 Å². The topological polar surface area (TPSA) is 57.2 Å². The Kier molecular flexibility index (Phi) is 8.72. The van der Waals surface area contributed by atoms with Crippen molar-refractivity contribution in [2.24, 2.45) is 23.7 Å². The Labute approximate surface area is 182 Å². The van der Waals surface area contributed by atoms with Crippen molar-refractivity contribution in [2.45, 2.75) is 84.4 Å². The van der Waals surface area contributed by atoms with Gasteiger partial charge in [-0.05, 0) is 61.8 Å². The summed E-state index contributed by atoms with van der Waals surface area (Å²) < 4.78 is 11.8. The summed E-state index contributed by atoms with van der Waals surface area (Å²) in [6, 6.07) is 10.1. The Balaban J connectivity index is 1.62. The minimum absolute atomic E-state index is 0.0813. The molecule has 4 unspecified atom stereocenters. The van der Waals surface area contributed by atoms with Gasteiger partial charge in [0.2, 0.25) is 0 Å². The van der Waals surface area contributed by atoms with Gasteiger partial charge in [0.05, 0.1) is 19.3 Å². The number of ether oxygens (including phenoxy) is 2. The molecule has 0 bridgehead atoms. The maximum Gasteiger partial charge on any atom is 0.188 e. The van der Waals surface area contributed by atoms with E-state index in [2.05, 4.69) is 32.9 Å². The van der Waals surface area contributed by atoms with E-state index in [-0.39, 0.29) is 18.1 Å². The smallest absolute Gasteiger partial charge is 0.188 e. The van der Waals surface area contributed by atoms with E-state index in [1.807, 2.05) is 25.1 Å². The monoisotopic (exact) mass is 420 g/mol. The first-order valence-corrected chi connectivity index (χ1v) is 11.7. The Hall–Kier alpha value is -0.980. The molecule has 1 aliphatic carbocycles. The van der Waals surface area contributed by atoms with Crippen LogP contribution in [0.2, 0.25) is 0 Å². The molecule has 2 fully saturated rings. The quantitative estimate of drug-likeness (QED) is 0.444. The van der Waals surface area contributed by atoms with E-state index in [4.69, 9.17) is 19.2 Å². The van der Waals surface area contributed by atoms with Crippen LogP contribution >= 0.6 is 0 Å². The first-order chi connectivity index (χ1) is 14.5. The van der Waals surface area contributed by atoms with Crippen molar-refractivity contribution >= 4 is 0 Å². The number of benzene rings is 1. The minimum atomic E-state index is -0.481. The Morgan fingerprint density at radius 1 is 1.20 bits per heavy atom. The summed E-state index contributed by atoms with van der Waals surface area (Å²) in [6.45, 7) is 10.2. The van der Waals surface area contributed by atoms with Crippen molar-refractivity contribution in [3.63, 3.8) is 0 Å². The summed E-state index contributed by atoms with van der Waals surface area (Å²) in [5.74, 6) is 1.21. The Bertz CT molecular complexity index is 613. The number of aliphatic hydroxyl groups is 1. The molecule has 1 spiro atoms. The van der Waals surface area contributed by atoms with Crippen LogP contribution in [0.15, 0.2) is 30.3 Å². The van der Waals surface area contributed by atoms with Gasteiger partial charge in [0.1, 0.15) is 5.60 Å². The molecular weight excluding hydrogens is 380 g/mol. The highest BCUT2D eigenvalue weighted by molar-refractivity contribution is 5.13. The van der Waals surface area contributed by atoms with Crippen molar-refractivity contribution in [1.82, 2.24) is 0 Å². The lowest BCUT2D eigenvalue weighted by Gasteiger charge is -2.55. The third-order valence-corrected chi connectivity index (χ3v) is 7.27. The second-order valence-corrected chi connectivity index (χ2v) is 9.32. The normalized spacial score (nSPS) is 34.0. The molecule has 0 aromatic heterocycles. The first-order valence-electron chi connectivity index (χ1n) is 11.7. The largest absolute Gasteiger partial charge is 0.393 e. The highest BCUT2D eigenvalue weighted by Gasteiger charge is 2.56. The molecule has 5 heteroatoms. The summed E-state index contributed by atoms with van der Waals surface area (Å²) in [5, 5.41) is 11.0. The highest BCUT2D eigenvalue weighted by Crippen LogP contribution is 2.51. The highest BCUT2D eigenvalue weighted by atomic mass is 17.2. The molecule has 5 nitrogen and oxygen atoms in total. The molecule has 1 heterocycles. The molecule has 30 heavy (non-hydrogen) atoms. The fourth-order valence-corrected chi connectivity index (χ4v) is 5.49. The van der Waals surface area contributed by atoms with Crippen molar-refractivity contribution < 1.29 is 24.4 Å². The van der Waals surface area contributed by atoms with E-state index in [0.717, 1.165) is 31.2 Å². The zero-order valence-corrected chi connectivity index (χ0v) is 19.1. The maximum atomic E-state index is 11.0. The van der Waals surface area contributed by atoms with Crippen LogP contribution in [0.5, 0.6) is 0 Å². The van der Waals surface area contributed by atoms with Gasteiger partial charge in [0.15, 0.2) is 6.29 Å².